The molecule has 2 N–H and O–H groups in total. The van der Waals surface area contributed by atoms with Crippen molar-refractivity contribution < 1.29 is 4.79 Å². The Bertz CT molecular complexity index is 957. The maximum absolute atomic E-state index is 11.8. The fourth-order valence-corrected chi connectivity index (χ4v) is 4.60. The van der Waals surface area contributed by atoms with Crippen molar-refractivity contribution in [3.8, 4) is 0 Å². The lowest BCUT2D eigenvalue weighted by Crippen LogP contribution is -2.27. The highest BCUT2D eigenvalue weighted by Gasteiger charge is 2.28. The van der Waals surface area contributed by atoms with Crippen molar-refractivity contribution in [2.75, 3.05) is 43.9 Å². The van der Waals surface area contributed by atoms with Gasteiger partial charge in [0, 0.05) is 56.6 Å². The molecule has 2 fully saturated rings. The van der Waals surface area contributed by atoms with Crippen molar-refractivity contribution in [1.82, 2.24) is 19.8 Å². The molecule has 0 bridgehead atoms. The molecule has 1 amide bonds. The Balaban J connectivity index is 1.24. The molecular weight excluding hydrogens is 388 g/mol. The highest BCUT2D eigenvalue weighted by molar-refractivity contribution is 5.78. The number of nitrogens with one attached hydrogen (secondary N) is 2. The number of carbonyl (C=O) groups excluding carboxylic acids is 1. The Labute approximate surface area is 184 Å². The van der Waals surface area contributed by atoms with E-state index in [1.54, 1.807) is 0 Å². The van der Waals surface area contributed by atoms with Gasteiger partial charge in [0.25, 0.3) is 0 Å². The predicted octanol–water partition coefficient (Wildman–Crippen LogP) is 3.51. The van der Waals surface area contributed by atoms with Crippen LogP contribution in [0.3, 0.4) is 0 Å². The van der Waals surface area contributed by atoms with Crippen LogP contribution in [-0.4, -0.2) is 58.9 Å². The van der Waals surface area contributed by atoms with E-state index in [2.05, 4.69) is 45.8 Å². The first-order valence-corrected chi connectivity index (χ1v) is 11.6. The maximum atomic E-state index is 11.8. The Kier molecular flexibility index (Phi) is 5.76. The molecule has 1 saturated heterocycles. The van der Waals surface area contributed by atoms with E-state index < -0.39 is 0 Å². The van der Waals surface area contributed by atoms with Crippen LogP contribution >= 0.6 is 0 Å². The van der Waals surface area contributed by atoms with Crippen LogP contribution < -0.4 is 10.6 Å². The molecule has 0 radical (unpaired) electrons. The van der Waals surface area contributed by atoms with Gasteiger partial charge in [-0.05, 0) is 68.3 Å². The summed E-state index contributed by atoms with van der Waals surface area (Å²) in [5.74, 6) is 2.45. The SMILES string of the molecule is CN1CCc2cc(Nc3ncc(C4CC4)c(NCCCN4CCCC4=O)n3)ccc2C1. The second kappa shape index (κ2) is 8.83. The van der Waals surface area contributed by atoms with Crippen LogP contribution in [-0.2, 0) is 17.8 Å². The lowest BCUT2D eigenvalue weighted by molar-refractivity contribution is -0.127. The molecule has 2 aromatic rings. The summed E-state index contributed by atoms with van der Waals surface area (Å²) < 4.78 is 0. The Morgan fingerprint density at radius 3 is 2.87 bits per heavy atom. The van der Waals surface area contributed by atoms with E-state index in [0.29, 0.717) is 24.2 Å². The number of carbonyl (C=O) groups is 1. The fraction of sp³-hybridized carbons (Fsp3) is 0.542. The van der Waals surface area contributed by atoms with Gasteiger partial charge in [0.1, 0.15) is 5.82 Å². The summed E-state index contributed by atoms with van der Waals surface area (Å²) >= 11 is 0. The summed E-state index contributed by atoms with van der Waals surface area (Å²) in [6, 6.07) is 6.57. The van der Waals surface area contributed by atoms with Crippen molar-refractivity contribution in [3.05, 3.63) is 41.1 Å². The van der Waals surface area contributed by atoms with Crippen LogP contribution in [0.5, 0.6) is 0 Å². The first kappa shape index (κ1) is 20.2. The molecule has 0 spiro atoms. The van der Waals surface area contributed by atoms with E-state index in [1.807, 2.05) is 11.1 Å². The third-order valence-electron chi connectivity index (χ3n) is 6.57. The molecule has 0 atom stereocenters. The van der Waals surface area contributed by atoms with Gasteiger partial charge < -0.3 is 20.4 Å². The van der Waals surface area contributed by atoms with E-state index in [1.165, 1.54) is 29.5 Å². The number of hydrogen-bond donors (Lipinski definition) is 2. The minimum absolute atomic E-state index is 0.295. The Hall–Kier alpha value is -2.67. The molecule has 1 aliphatic carbocycles. The van der Waals surface area contributed by atoms with Crippen LogP contribution in [0.4, 0.5) is 17.5 Å². The third-order valence-corrected chi connectivity index (χ3v) is 6.57. The molecule has 3 aliphatic rings. The van der Waals surface area contributed by atoms with Crippen molar-refractivity contribution in [3.63, 3.8) is 0 Å². The van der Waals surface area contributed by atoms with Crippen LogP contribution in [0.15, 0.2) is 24.4 Å². The molecular formula is C24H32N6O. The highest BCUT2D eigenvalue weighted by atomic mass is 16.2. The van der Waals surface area contributed by atoms with Crippen molar-refractivity contribution in [1.29, 1.82) is 0 Å². The Morgan fingerprint density at radius 2 is 2.06 bits per heavy atom. The van der Waals surface area contributed by atoms with Gasteiger partial charge in [0.2, 0.25) is 11.9 Å². The van der Waals surface area contributed by atoms with Gasteiger partial charge in [0.05, 0.1) is 0 Å². The predicted molar refractivity (Wildman–Crippen MR) is 123 cm³/mol. The number of benzene rings is 1. The van der Waals surface area contributed by atoms with Crippen molar-refractivity contribution in [2.24, 2.45) is 0 Å². The summed E-state index contributed by atoms with van der Waals surface area (Å²) in [6.07, 6.45) is 8.13. The quantitative estimate of drug-likeness (QED) is 0.637. The average molecular weight is 421 g/mol. The molecule has 5 rings (SSSR count). The molecule has 31 heavy (non-hydrogen) atoms. The van der Waals surface area contributed by atoms with Crippen LogP contribution in [0.1, 0.15) is 54.7 Å². The fourth-order valence-electron chi connectivity index (χ4n) is 4.60. The minimum atomic E-state index is 0.295. The second-order valence-electron chi connectivity index (χ2n) is 9.13. The molecule has 7 heteroatoms. The van der Waals surface area contributed by atoms with Crippen molar-refractivity contribution >= 4 is 23.4 Å². The van der Waals surface area contributed by atoms with Gasteiger partial charge in [0.15, 0.2) is 0 Å². The zero-order valence-electron chi connectivity index (χ0n) is 18.4. The molecule has 2 aliphatic heterocycles. The molecule has 7 nitrogen and oxygen atoms in total. The van der Waals surface area contributed by atoms with E-state index in [4.69, 9.17) is 4.98 Å². The van der Waals surface area contributed by atoms with Gasteiger partial charge in [-0.1, -0.05) is 6.07 Å². The summed E-state index contributed by atoms with van der Waals surface area (Å²) in [5.41, 5.74) is 5.08. The zero-order chi connectivity index (χ0) is 21.2. The molecule has 1 saturated carbocycles. The summed E-state index contributed by atoms with van der Waals surface area (Å²) in [4.78, 5) is 25.5. The van der Waals surface area contributed by atoms with Gasteiger partial charge in [-0.3, -0.25) is 4.79 Å². The van der Waals surface area contributed by atoms with Crippen LogP contribution in [0, 0.1) is 0 Å². The van der Waals surface area contributed by atoms with Crippen LogP contribution in [0.2, 0.25) is 0 Å². The third kappa shape index (κ3) is 4.82. The zero-order valence-corrected chi connectivity index (χ0v) is 18.4. The minimum Gasteiger partial charge on any atom is -0.370 e. The lowest BCUT2D eigenvalue weighted by atomic mass is 9.99. The number of nitrogens with zero attached hydrogens (tertiary/aromatic N) is 4. The molecule has 164 valence electrons. The molecule has 1 aromatic carbocycles. The van der Waals surface area contributed by atoms with Gasteiger partial charge in [-0.2, -0.15) is 4.98 Å². The molecule has 0 unspecified atom stereocenters. The Morgan fingerprint density at radius 1 is 1.16 bits per heavy atom. The van der Waals surface area contributed by atoms with E-state index in [-0.39, 0.29) is 0 Å². The molecule has 1 aromatic heterocycles. The van der Waals surface area contributed by atoms with Gasteiger partial charge >= 0.3 is 0 Å². The summed E-state index contributed by atoms with van der Waals surface area (Å²) in [5, 5.41) is 6.92. The number of aromatic nitrogens is 2. The number of amides is 1. The monoisotopic (exact) mass is 420 g/mol. The molecule has 3 heterocycles. The summed E-state index contributed by atoms with van der Waals surface area (Å²) in [7, 11) is 2.17. The normalized spacial score (nSPS) is 18.9. The number of anilines is 3. The van der Waals surface area contributed by atoms with Crippen LogP contribution in [0.25, 0.3) is 0 Å². The van der Waals surface area contributed by atoms with E-state index >= 15 is 0 Å². The first-order valence-electron chi connectivity index (χ1n) is 11.6. The van der Waals surface area contributed by atoms with Gasteiger partial charge in [-0.15, -0.1) is 0 Å². The number of hydrogen-bond acceptors (Lipinski definition) is 6. The number of likely N-dealkylation sites (N-methyl/N-ethyl adjacent to an activating group) is 1. The number of rotatable bonds is 8. The standard InChI is InChI=1S/C24H32N6O/c1-29-13-9-18-14-20(8-7-19(18)16-29)27-24-26-15-21(17-5-6-17)23(28-24)25-10-3-12-30-11-2-4-22(30)31/h7-8,14-15,17H,2-6,9-13,16H2,1H3,(H2,25,26,27,28). The topological polar surface area (TPSA) is 73.4 Å². The largest absolute Gasteiger partial charge is 0.370 e. The van der Waals surface area contributed by atoms with Gasteiger partial charge in [-0.25, -0.2) is 4.98 Å². The first-order chi connectivity index (χ1) is 15.2. The number of fused-ring (bicyclic) bond motifs is 1. The van der Waals surface area contributed by atoms with E-state index in [0.717, 1.165) is 63.5 Å². The highest BCUT2D eigenvalue weighted by Crippen LogP contribution is 2.42. The number of likely N-dealkylation sites (tertiary alicyclic amines) is 1. The van der Waals surface area contributed by atoms with Crippen molar-refractivity contribution in [2.45, 2.75) is 51.0 Å². The van der Waals surface area contributed by atoms with E-state index in [9.17, 15) is 4.79 Å². The lowest BCUT2D eigenvalue weighted by Gasteiger charge is -2.25. The summed E-state index contributed by atoms with van der Waals surface area (Å²) in [6.45, 7) is 4.65. The maximum Gasteiger partial charge on any atom is 0.229 e. The average Bonchev–Trinajstić information content (AvgIpc) is 3.53. The smallest absolute Gasteiger partial charge is 0.229 e. The second-order valence-corrected chi connectivity index (χ2v) is 9.13.